The first-order valence-corrected chi connectivity index (χ1v) is 7.70. The molecule has 120 valence electrons. The molecule has 0 bridgehead atoms. The lowest BCUT2D eigenvalue weighted by molar-refractivity contribution is -0.160. The van der Waals surface area contributed by atoms with Crippen LogP contribution in [-0.2, 0) is 19.1 Å². The van der Waals surface area contributed by atoms with Crippen LogP contribution in [-0.4, -0.2) is 60.9 Å². The van der Waals surface area contributed by atoms with Crippen molar-refractivity contribution in [2.24, 2.45) is 5.92 Å². The molecule has 1 amide bonds. The van der Waals surface area contributed by atoms with E-state index in [1.165, 1.54) is 12.0 Å². The van der Waals surface area contributed by atoms with Gasteiger partial charge in [-0.3, -0.25) is 4.79 Å². The third-order valence-corrected chi connectivity index (χ3v) is 4.68. The molecule has 1 N–H and O–H groups in total. The van der Waals surface area contributed by atoms with Gasteiger partial charge in [-0.1, -0.05) is 0 Å². The van der Waals surface area contributed by atoms with E-state index in [2.05, 4.69) is 0 Å². The van der Waals surface area contributed by atoms with Crippen LogP contribution in [0.1, 0.15) is 38.5 Å². The van der Waals surface area contributed by atoms with Crippen LogP contribution in [0.25, 0.3) is 0 Å². The van der Waals surface area contributed by atoms with Gasteiger partial charge in [0, 0.05) is 33.3 Å². The van der Waals surface area contributed by atoms with Crippen molar-refractivity contribution < 1.29 is 24.2 Å². The van der Waals surface area contributed by atoms with E-state index in [0.29, 0.717) is 25.3 Å². The molecule has 1 unspecified atom stereocenters. The highest BCUT2D eigenvalue weighted by atomic mass is 16.5. The van der Waals surface area contributed by atoms with Gasteiger partial charge in [0.15, 0.2) is 5.54 Å². The second-order valence-corrected chi connectivity index (χ2v) is 6.01. The Morgan fingerprint density at radius 1 is 1.38 bits per heavy atom. The molecule has 2 saturated heterocycles. The summed E-state index contributed by atoms with van der Waals surface area (Å²) in [7, 11) is 1.48. The molecule has 6 heteroatoms. The minimum absolute atomic E-state index is 0.0570. The van der Waals surface area contributed by atoms with Crippen molar-refractivity contribution in [3.8, 4) is 0 Å². The lowest BCUT2D eigenvalue weighted by Crippen LogP contribution is -2.56. The first-order valence-electron chi connectivity index (χ1n) is 7.70. The molecule has 0 aromatic rings. The van der Waals surface area contributed by atoms with Crippen molar-refractivity contribution >= 4 is 11.9 Å². The van der Waals surface area contributed by atoms with Crippen LogP contribution in [0.2, 0.25) is 0 Å². The maximum atomic E-state index is 12.5. The third-order valence-electron chi connectivity index (χ3n) is 4.68. The van der Waals surface area contributed by atoms with E-state index in [-0.39, 0.29) is 12.5 Å². The quantitative estimate of drug-likeness (QED) is 0.799. The summed E-state index contributed by atoms with van der Waals surface area (Å²) in [4.78, 5) is 25.6. The van der Waals surface area contributed by atoms with E-state index >= 15 is 0 Å². The zero-order valence-corrected chi connectivity index (χ0v) is 12.7. The molecule has 2 aliphatic heterocycles. The molecular formula is C15H25NO5. The van der Waals surface area contributed by atoms with Crippen LogP contribution < -0.4 is 0 Å². The average Bonchev–Trinajstić information content (AvgIpc) is 2.91. The number of hydrogen-bond donors (Lipinski definition) is 1. The first kappa shape index (κ1) is 16.2. The van der Waals surface area contributed by atoms with Crippen molar-refractivity contribution in [1.82, 2.24) is 4.90 Å². The minimum Gasteiger partial charge on any atom is -0.479 e. The molecule has 2 fully saturated rings. The number of carbonyl (C=O) groups is 2. The number of aliphatic carboxylic acids is 1. The van der Waals surface area contributed by atoms with E-state index in [1.807, 2.05) is 0 Å². The monoisotopic (exact) mass is 299 g/mol. The number of methoxy groups -OCH3 is 1. The van der Waals surface area contributed by atoms with Gasteiger partial charge in [-0.2, -0.15) is 0 Å². The van der Waals surface area contributed by atoms with Gasteiger partial charge in [0.1, 0.15) is 0 Å². The lowest BCUT2D eigenvalue weighted by atomic mass is 9.93. The summed E-state index contributed by atoms with van der Waals surface area (Å²) >= 11 is 0. The molecule has 6 nitrogen and oxygen atoms in total. The van der Waals surface area contributed by atoms with Crippen LogP contribution in [0.3, 0.4) is 0 Å². The zero-order chi connectivity index (χ0) is 15.3. The molecule has 0 saturated carbocycles. The van der Waals surface area contributed by atoms with E-state index in [1.54, 1.807) is 0 Å². The first-order chi connectivity index (χ1) is 10.1. The topological polar surface area (TPSA) is 76.1 Å². The van der Waals surface area contributed by atoms with Gasteiger partial charge in [-0.25, -0.2) is 4.79 Å². The summed E-state index contributed by atoms with van der Waals surface area (Å²) in [6.07, 6.45) is 4.42. The maximum absolute atomic E-state index is 12.5. The highest BCUT2D eigenvalue weighted by Crippen LogP contribution is 2.32. The number of rotatable bonds is 6. The Bertz CT molecular complexity index is 380. The number of carboxylic acids is 1. The molecule has 0 aliphatic carbocycles. The standard InChI is InChI=1S/C15H25NO5/c1-20-11-15(14(18)19)7-2-8-16(15)13(17)4-3-12-5-9-21-10-6-12/h12H,2-11H2,1H3,(H,18,19). The number of carboxylic acid groups (broad SMARTS) is 1. The molecule has 1 atom stereocenters. The Hall–Kier alpha value is -1.14. The summed E-state index contributed by atoms with van der Waals surface area (Å²) < 4.78 is 10.4. The molecule has 2 aliphatic rings. The fraction of sp³-hybridized carbons (Fsp3) is 0.867. The zero-order valence-electron chi connectivity index (χ0n) is 12.7. The van der Waals surface area contributed by atoms with Gasteiger partial charge >= 0.3 is 5.97 Å². The van der Waals surface area contributed by atoms with E-state index in [9.17, 15) is 14.7 Å². The Kier molecular flexibility index (Phi) is 5.58. The molecule has 0 aromatic heterocycles. The summed E-state index contributed by atoms with van der Waals surface area (Å²) in [6, 6.07) is 0. The second kappa shape index (κ2) is 7.22. The predicted octanol–water partition coefficient (Wildman–Crippen LogP) is 1.29. The molecule has 2 rings (SSSR count). The second-order valence-electron chi connectivity index (χ2n) is 6.01. The minimum atomic E-state index is -1.17. The van der Waals surface area contributed by atoms with E-state index < -0.39 is 11.5 Å². The summed E-state index contributed by atoms with van der Waals surface area (Å²) in [6.45, 7) is 2.12. The smallest absolute Gasteiger partial charge is 0.332 e. The number of ether oxygens (including phenoxy) is 2. The normalized spacial score (nSPS) is 27.0. The Morgan fingerprint density at radius 2 is 2.10 bits per heavy atom. The number of likely N-dealkylation sites (tertiary alicyclic amines) is 1. The van der Waals surface area contributed by atoms with Crippen molar-refractivity contribution in [1.29, 1.82) is 0 Å². The van der Waals surface area contributed by atoms with Crippen molar-refractivity contribution in [3.63, 3.8) is 0 Å². The highest BCUT2D eigenvalue weighted by molar-refractivity contribution is 5.88. The highest BCUT2D eigenvalue weighted by Gasteiger charge is 2.49. The van der Waals surface area contributed by atoms with Crippen molar-refractivity contribution in [3.05, 3.63) is 0 Å². The summed E-state index contributed by atoms with van der Waals surface area (Å²) in [5.41, 5.74) is -1.17. The summed E-state index contributed by atoms with van der Waals surface area (Å²) in [5, 5.41) is 9.54. The van der Waals surface area contributed by atoms with Crippen LogP contribution >= 0.6 is 0 Å². The van der Waals surface area contributed by atoms with Crippen LogP contribution in [0.5, 0.6) is 0 Å². The van der Waals surface area contributed by atoms with E-state index in [0.717, 1.165) is 38.9 Å². The maximum Gasteiger partial charge on any atom is 0.332 e. The van der Waals surface area contributed by atoms with Gasteiger partial charge in [-0.05, 0) is 38.0 Å². The van der Waals surface area contributed by atoms with Gasteiger partial charge < -0.3 is 19.5 Å². The Balaban J connectivity index is 1.94. The fourth-order valence-corrected chi connectivity index (χ4v) is 3.41. The van der Waals surface area contributed by atoms with Gasteiger partial charge in [-0.15, -0.1) is 0 Å². The molecular weight excluding hydrogens is 274 g/mol. The fourth-order valence-electron chi connectivity index (χ4n) is 3.41. The SMILES string of the molecule is COCC1(C(=O)O)CCCN1C(=O)CCC1CCOCC1. The lowest BCUT2D eigenvalue weighted by Gasteiger charge is -2.34. The van der Waals surface area contributed by atoms with Crippen LogP contribution in [0, 0.1) is 5.92 Å². The predicted molar refractivity (Wildman–Crippen MR) is 76.0 cm³/mol. The van der Waals surface area contributed by atoms with Crippen molar-refractivity contribution in [2.75, 3.05) is 33.5 Å². The van der Waals surface area contributed by atoms with E-state index in [4.69, 9.17) is 9.47 Å². The molecule has 0 radical (unpaired) electrons. The number of carbonyl (C=O) groups excluding carboxylic acids is 1. The van der Waals surface area contributed by atoms with Gasteiger partial charge in [0.05, 0.1) is 6.61 Å². The molecule has 2 heterocycles. The molecule has 0 spiro atoms. The third kappa shape index (κ3) is 3.55. The number of hydrogen-bond acceptors (Lipinski definition) is 4. The van der Waals surface area contributed by atoms with Crippen LogP contribution in [0.15, 0.2) is 0 Å². The van der Waals surface area contributed by atoms with Gasteiger partial charge in [0.25, 0.3) is 0 Å². The average molecular weight is 299 g/mol. The van der Waals surface area contributed by atoms with Gasteiger partial charge in [0.2, 0.25) is 5.91 Å². The number of nitrogens with zero attached hydrogens (tertiary/aromatic N) is 1. The summed E-state index contributed by atoms with van der Waals surface area (Å²) in [5.74, 6) is -0.494. The number of amides is 1. The molecule has 0 aromatic carbocycles. The Morgan fingerprint density at radius 3 is 2.71 bits per heavy atom. The Labute approximate surface area is 125 Å². The largest absolute Gasteiger partial charge is 0.479 e. The molecule has 21 heavy (non-hydrogen) atoms. The van der Waals surface area contributed by atoms with Crippen LogP contribution in [0.4, 0.5) is 0 Å². The van der Waals surface area contributed by atoms with Crippen molar-refractivity contribution in [2.45, 2.75) is 44.1 Å².